The van der Waals surface area contributed by atoms with Gasteiger partial charge in [-0.1, -0.05) is 19.3 Å². The first-order chi connectivity index (χ1) is 5.68. The molecule has 0 aromatic carbocycles. The average Bonchev–Trinajstić information content (AvgIpc) is 2.05. The Morgan fingerprint density at radius 1 is 1.33 bits per heavy atom. The molecule has 1 saturated carbocycles. The molecule has 1 aliphatic rings. The van der Waals surface area contributed by atoms with Crippen molar-refractivity contribution >= 4 is 0 Å². The van der Waals surface area contributed by atoms with E-state index in [1.54, 1.807) is 12.1 Å². The summed E-state index contributed by atoms with van der Waals surface area (Å²) in [6.07, 6.45) is 6.22. The summed E-state index contributed by atoms with van der Waals surface area (Å²) < 4.78 is 5.57. The lowest BCUT2D eigenvalue weighted by atomic mass is 9.84. The summed E-state index contributed by atoms with van der Waals surface area (Å²) in [4.78, 5) is 0. The number of methoxy groups -OCH3 is 1. The predicted octanol–water partition coefficient (Wildman–Crippen LogP) is 1.14. The highest BCUT2D eigenvalue weighted by molar-refractivity contribution is 4.85. The van der Waals surface area contributed by atoms with Gasteiger partial charge in [0.25, 0.3) is 0 Å². The van der Waals surface area contributed by atoms with E-state index in [9.17, 15) is 0 Å². The molecule has 0 aromatic heterocycles. The van der Waals surface area contributed by atoms with Crippen molar-refractivity contribution in [1.82, 2.24) is 5.01 Å². The lowest BCUT2D eigenvalue weighted by Gasteiger charge is -2.37. The summed E-state index contributed by atoms with van der Waals surface area (Å²) in [7, 11) is 3.70. The first kappa shape index (κ1) is 9.96. The third-order valence-electron chi connectivity index (χ3n) is 2.74. The predicted molar refractivity (Wildman–Crippen MR) is 49.6 cm³/mol. The fraction of sp³-hybridized carbons (Fsp3) is 1.00. The van der Waals surface area contributed by atoms with E-state index in [0.29, 0.717) is 0 Å². The van der Waals surface area contributed by atoms with Crippen LogP contribution in [0.3, 0.4) is 0 Å². The molecule has 0 atom stereocenters. The Morgan fingerprint density at radius 3 is 2.33 bits per heavy atom. The molecule has 0 spiro atoms. The molecule has 0 bridgehead atoms. The number of hydrogen-bond donors (Lipinski definition) is 1. The van der Waals surface area contributed by atoms with E-state index < -0.39 is 0 Å². The Hall–Kier alpha value is -0.120. The first-order valence-electron chi connectivity index (χ1n) is 4.69. The summed E-state index contributed by atoms with van der Waals surface area (Å²) >= 11 is 0. The molecule has 0 aromatic rings. The molecule has 0 radical (unpaired) electrons. The first-order valence-corrected chi connectivity index (χ1v) is 4.69. The molecule has 3 heteroatoms. The number of likely N-dealkylation sites (N-methyl/N-ethyl adjacent to an activating group) is 1. The SMILES string of the molecule is COC1(CN(C)N)CCCCC1. The fourth-order valence-corrected chi connectivity index (χ4v) is 2.08. The summed E-state index contributed by atoms with van der Waals surface area (Å²) in [5.41, 5.74) is 0.0434. The number of hydrogen-bond acceptors (Lipinski definition) is 3. The monoisotopic (exact) mass is 172 g/mol. The highest BCUT2D eigenvalue weighted by Crippen LogP contribution is 2.31. The van der Waals surface area contributed by atoms with Crippen molar-refractivity contribution in [3.63, 3.8) is 0 Å². The Labute approximate surface area is 74.8 Å². The minimum atomic E-state index is 0.0434. The van der Waals surface area contributed by atoms with Crippen molar-refractivity contribution in [1.29, 1.82) is 0 Å². The third kappa shape index (κ3) is 2.44. The van der Waals surface area contributed by atoms with Crippen molar-refractivity contribution < 1.29 is 4.74 Å². The minimum Gasteiger partial charge on any atom is -0.377 e. The van der Waals surface area contributed by atoms with Gasteiger partial charge in [-0.25, -0.2) is 5.01 Å². The number of rotatable bonds is 3. The van der Waals surface area contributed by atoms with E-state index in [0.717, 1.165) is 19.4 Å². The zero-order valence-corrected chi connectivity index (χ0v) is 8.18. The van der Waals surface area contributed by atoms with Crippen LogP contribution in [0.5, 0.6) is 0 Å². The molecule has 1 aliphatic carbocycles. The molecule has 12 heavy (non-hydrogen) atoms. The highest BCUT2D eigenvalue weighted by atomic mass is 16.5. The van der Waals surface area contributed by atoms with Gasteiger partial charge in [-0.2, -0.15) is 0 Å². The molecule has 0 aliphatic heterocycles. The lowest BCUT2D eigenvalue weighted by molar-refractivity contribution is -0.0580. The average molecular weight is 172 g/mol. The van der Waals surface area contributed by atoms with Crippen LogP contribution in [0.1, 0.15) is 32.1 Å². The fourth-order valence-electron chi connectivity index (χ4n) is 2.08. The maximum atomic E-state index is 5.64. The van der Waals surface area contributed by atoms with Crippen molar-refractivity contribution in [2.75, 3.05) is 20.7 Å². The number of nitrogens with two attached hydrogens (primary N) is 1. The van der Waals surface area contributed by atoms with Crippen LogP contribution >= 0.6 is 0 Å². The van der Waals surface area contributed by atoms with Gasteiger partial charge >= 0.3 is 0 Å². The standard InChI is InChI=1S/C9H20N2O/c1-11(10)8-9(12-2)6-4-3-5-7-9/h3-8,10H2,1-2H3. The molecular formula is C9H20N2O. The van der Waals surface area contributed by atoms with Crippen molar-refractivity contribution in [2.24, 2.45) is 5.84 Å². The van der Waals surface area contributed by atoms with Gasteiger partial charge in [-0.05, 0) is 12.8 Å². The van der Waals surface area contributed by atoms with Gasteiger partial charge in [0.1, 0.15) is 0 Å². The van der Waals surface area contributed by atoms with E-state index in [4.69, 9.17) is 10.6 Å². The van der Waals surface area contributed by atoms with E-state index >= 15 is 0 Å². The van der Waals surface area contributed by atoms with E-state index in [1.807, 2.05) is 7.05 Å². The summed E-state index contributed by atoms with van der Waals surface area (Å²) in [5, 5.41) is 1.73. The van der Waals surface area contributed by atoms with Crippen LogP contribution in [0.2, 0.25) is 0 Å². The minimum absolute atomic E-state index is 0.0434. The quantitative estimate of drug-likeness (QED) is 0.512. The van der Waals surface area contributed by atoms with Gasteiger partial charge in [-0.15, -0.1) is 0 Å². The van der Waals surface area contributed by atoms with Crippen molar-refractivity contribution in [3.8, 4) is 0 Å². The molecule has 1 fully saturated rings. The van der Waals surface area contributed by atoms with Crippen LogP contribution in [0.4, 0.5) is 0 Å². The normalized spacial score (nSPS) is 23.0. The molecule has 72 valence electrons. The van der Waals surface area contributed by atoms with Crippen LogP contribution in [-0.2, 0) is 4.74 Å². The molecular weight excluding hydrogens is 152 g/mol. The molecule has 0 saturated heterocycles. The summed E-state index contributed by atoms with van der Waals surface area (Å²) in [6, 6.07) is 0. The zero-order chi connectivity index (χ0) is 9.03. The lowest BCUT2D eigenvalue weighted by Crippen LogP contribution is -2.46. The Balaban J connectivity index is 2.48. The molecule has 3 nitrogen and oxygen atoms in total. The van der Waals surface area contributed by atoms with Gasteiger partial charge in [0.05, 0.1) is 5.60 Å². The van der Waals surface area contributed by atoms with E-state index in [1.165, 1.54) is 19.3 Å². The third-order valence-corrected chi connectivity index (χ3v) is 2.74. The van der Waals surface area contributed by atoms with Crippen LogP contribution in [-0.4, -0.2) is 31.3 Å². The Morgan fingerprint density at radius 2 is 1.92 bits per heavy atom. The number of hydrazine groups is 1. The highest BCUT2D eigenvalue weighted by Gasteiger charge is 2.32. The van der Waals surface area contributed by atoms with Crippen LogP contribution in [0, 0.1) is 0 Å². The summed E-state index contributed by atoms with van der Waals surface area (Å²) in [6.45, 7) is 0.851. The number of nitrogens with zero attached hydrogens (tertiary/aromatic N) is 1. The molecule has 0 amide bonds. The topological polar surface area (TPSA) is 38.5 Å². The number of ether oxygens (including phenoxy) is 1. The maximum absolute atomic E-state index is 5.64. The van der Waals surface area contributed by atoms with E-state index in [-0.39, 0.29) is 5.60 Å². The Bertz CT molecular complexity index is 130. The summed E-state index contributed by atoms with van der Waals surface area (Å²) in [5.74, 6) is 5.64. The zero-order valence-electron chi connectivity index (χ0n) is 8.18. The van der Waals surface area contributed by atoms with Gasteiger partial charge in [0.15, 0.2) is 0 Å². The van der Waals surface area contributed by atoms with Gasteiger partial charge < -0.3 is 4.74 Å². The van der Waals surface area contributed by atoms with E-state index in [2.05, 4.69) is 0 Å². The largest absolute Gasteiger partial charge is 0.377 e. The van der Waals surface area contributed by atoms with Crippen LogP contribution < -0.4 is 5.84 Å². The van der Waals surface area contributed by atoms with Crippen molar-refractivity contribution in [3.05, 3.63) is 0 Å². The second-order valence-electron chi connectivity index (χ2n) is 3.86. The maximum Gasteiger partial charge on any atom is 0.0818 e. The van der Waals surface area contributed by atoms with Crippen LogP contribution in [0.15, 0.2) is 0 Å². The van der Waals surface area contributed by atoms with Gasteiger partial charge in [-0.3, -0.25) is 5.84 Å². The smallest absolute Gasteiger partial charge is 0.0818 e. The van der Waals surface area contributed by atoms with Crippen LogP contribution in [0.25, 0.3) is 0 Å². The Kier molecular flexibility index (Phi) is 3.50. The molecule has 0 heterocycles. The van der Waals surface area contributed by atoms with Gasteiger partial charge in [0, 0.05) is 20.7 Å². The van der Waals surface area contributed by atoms with Gasteiger partial charge in [0.2, 0.25) is 0 Å². The molecule has 0 unspecified atom stereocenters. The molecule has 2 N–H and O–H groups in total. The second-order valence-corrected chi connectivity index (χ2v) is 3.86. The van der Waals surface area contributed by atoms with Crippen molar-refractivity contribution in [2.45, 2.75) is 37.7 Å². The molecule has 1 rings (SSSR count). The second kappa shape index (κ2) is 4.21.